The summed E-state index contributed by atoms with van der Waals surface area (Å²) in [5.41, 5.74) is 1.75. The monoisotopic (exact) mass is 287 g/mol. The topological polar surface area (TPSA) is 87.0 Å². The van der Waals surface area contributed by atoms with Crippen LogP contribution in [0.15, 0.2) is 41.4 Å². The summed E-state index contributed by atoms with van der Waals surface area (Å²) in [6.45, 7) is 3.36. The van der Waals surface area contributed by atoms with Crippen LogP contribution >= 0.6 is 0 Å². The number of aliphatic hydroxyl groups excluding tert-OH is 1. The van der Waals surface area contributed by atoms with Crippen LogP contribution < -0.4 is 0 Å². The number of allylic oxidation sites excluding steroid dienone is 3. The van der Waals surface area contributed by atoms with E-state index in [0.29, 0.717) is 35.0 Å². The van der Waals surface area contributed by atoms with Crippen molar-refractivity contribution in [3.05, 3.63) is 53.1 Å². The van der Waals surface area contributed by atoms with Crippen molar-refractivity contribution in [3.63, 3.8) is 0 Å². The Morgan fingerprint density at radius 2 is 2.10 bits per heavy atom. The largest absolute Gasteiger partial charge is 0.478 e. The van der Waals surface area contributed by atoms with Crippen LogP contribution in [0, 0.1) is 0 Å². The Bertz CT molecular complexity index is 615. The van der Waals surface area contributed by atoms with Crippen molar-refractivity contribution < 1.29 is 19.8 Å². The molecule has 2 N–H and O–H groups in total. The minimum absolute atomic E-state index is 0.0468. The number of aliphatic hydroxyl groups is 1. The maximum absolute atomic E-state index is 11.4. The quantitative estimate of drug-likeness (QED) is 0.348. The van der Waals surface area contributed by atoms with Crippen molar-refractivity contribution in [3.8, 4) is 0 Å². The molecule has 21 heavy (non-hydrogen) atoms. The number of nitrogens with zero attached hydrogens (tertiary/aromatic N) is 1. The molecule has 0 aromatic heterocycles. The molecule has 0 atom stereocenters. The van der Waals surface area contributed by atoms with Gasteiger partial charge in [0.2, 0.25) is 0 Å². The summed E-state index contributed by atoms with van der Waals surface area (Å²) in [5.74, 6) is -1.11. The average molecular weight is 287 g/mol. The molecule has 0 amide bonds. The van der Waals surface area contributed by atoms with Crippen LogP contribution in [0.2, 0.25) is 0 Å². The van der Waals surface area contributed by atoms with Gasteiger partial charge in [-0.3, -0.25) is 9.79 Å². The van der Waals surface area contributed by atoms with E-state index in [1.807, 2.05) is 0 Å². The van der Waals surface area contributed by atoms with E-state index in [4.69, 9.17) is 0 Å². The van der Waals surface area contributed by atoms with E-state index < -0.39 is 5.97 Å². The highest BCUT2D eigenvalue weighted by Gasteiger charge is 2.16. The number of aldehydes is 1. The number of carbonyl (C=O) groups is 2. The Labute approximate surface area is 123 Å². The summed E-state index contributed by atoms with van der Waals surface area (Å²) >= 11 is 0. The van der Waals surface area contributed by atoms with Crippen LogP contribution in [-0.2, 0) is 11.4 Å². The van der Waals surface area contributed by atoms with Gasteiger partial charge in [-0.05, 0) is 29.7 Å². The molecular weight excluding hydrogens is 270 g/mol. The first-order chi connectivity index (χ1) is 10.1. The number of aromatic carboxylic acids is 1. The molecule has 0 saturated heterocycles. The van der Waals surface area contributed by atoms with Crippen molar-refractivity contribution in [2.24, 2.45) is 4.99 Å². The third-order valence-electron chi connectivity index (χ3n) is 2.90. The summed E-state index contributed by atoms with van der Waals surface area (Å²) in [6.07, 6.45) is 3.96. The fourth-order valence-corrected chi connectivity index (χ4v) is 1.93. The average Bonchev–Trinajstić information content (AvgIpc) is 2.50. The van der Waals surface area contributed by atoms with E-state index in [2.05, 4.69) is 11.6 Å². The maximum Gasteiger partial charge on any atom is 0.336 e. The Balaban J connectivity index is 3.67. The van der Waals surface area contributed by atoms with Crippen molar-refractivity contribution in [2.45, 2.75) is 13.0 Å². The van der Waals surface area contributed by atoms with Gasteiger partial charge in [0.25, 0.3) is 0 Å². The lowest BCUT2D eigenvalue weighted by molar-refractivity contribution is -0.104. The number of carbonyl (C=O) groups excluding carboxylic acids is 1. The molecule has 5 heteroatoms. The fourth-order valence-electron chi connectivity index (χ4n) is 1.93. The molecule has 0 unspecified atom stereocenters. The number of hydrogen-bond acceptors (Lipinski definition) is 4. The first-order valence-corrected chi connectivity index (χ1v) is 6.27. The normalized spacial score (nSPS) is 12.1. The smallest absolute Gasteiger partial charge is 0.336 e. The summed E-state index contributed by atoms with van der Waals surface area (Å²) in [4.78, 5) is 26.5. The maximum atomic E-state index is 11.4. The molecule has 0 saturated carbocycles. The van der Waals surface area contributed by atoms with E-state index in [1.165, 1.54) is 25.4 Å². The highest BCUT2D eigenvalue weighted by molar-refractivity contribution is 6.18. The summed E-state index contributed by atoms with van der Waals surface area (Å²) in [7, 11) is 1.53. The van der Waals surface area contributed by atoms with Gasteiger partial charge >= 0.3 is 5.97 Å². The zero-order valence-corrected chi connectivity index (χ0v) is 11.7. The second-order valence-corrected chi connectivity index (χ2v) is 4.28. The predicted molar refractivity (Wildman–Crippen MR) is 81.5 cm³/mol. The summed E-state index contributed by atoms with van der Waals surface area (Å²) in [6, 6.07) is 4.48. The van der Waals surface area contributed by atoms with E-state index in [9.17, 15) is 19.8 Å². The van der Waals surface area contributed by atoms with E-state index >= 15 is 0 Å². The lowest BCUT2D eigenvalue weighted by Gasteiger charge is -2.11. The van der Waals surface area contributed by atoms with Crippen LogP contribution in [0.1, 0.15) is 27.9 Å². The third-order valence-corrected chi connectivity index (χ3v) is 2.90. The van der Waals surface area contributed by atoms with Crippen molar-refractivity contribution >= 4 is 24.0 Å². The number of rotatable bonds is 7. The number of benzene rings is 1. The molecule has 0 aliphatic carbocycles. The highest BCUT2D eigenvalue weighted by Crippen LogP contribution is 2.24. The molecular formula is C16H17NO4. The molecule has 0 heterocycles. The zero-order valence-electron chi connectivity index (χ0n) is 11.7. The third kappa shape index (κ3) is 3.97. The molecule has 0 bridgehead atoms. The van der Waals surface area contributed by atoms with Gasteiger partial charge in [-0.2, -0.15) is 0 Å². The molecule has 0 radical (unpaired) electrons. The molecule has 0 spiro atoms. The Morgan fingerprint density at radius 1 is 1.38 bits per heavy atom. The first-order valence-electron chi connectivity index (χ1n) is 6.27. The Kier molecular flexibility index (Phi) is 6.23. The molecule has 1 rings (SSSR count). The van der Waals surface area contributed by atoms with Gasteiger partial charge in [0.1, 0.15) is 6.29 Å². The molecule has 0 fully saturated rings. The SMILES string of the molecule is C=CC/C(C=O)=C(\C=N/C)c1cc(CO)ccc1C(=O)O. The summed E-state index contributed by atoms with van der Waals surface area (Å²) in [5, 5.41) is 18.5. The molecule has 0 aliphatic rings. The second kappa shape index (κ2) is 7.91. The predicted octanol–water partition coefficient (Wildman–Crippen LogP) is 2.11. The standard InChI is InChI=1S/C16H17NO4/c1-3-4-12(10-19)15(8-17-2)14-7-11(9-18)5-6-13(14)16(20)21/h3,5-8,10,18H,1,4,9H2,2H3,(H,20,21)/b15-12-,17-8-. The molecule has 5 nitrogen and oxygen atoms in total. The van der Waals surface area contributed by atoms with Gasteiger partial charge in [0, 0.05) is 24.4 Å². The molecule has 1 aromatic carbocycles. The van der Waals surface area contributed by atoms with Gasteiger partial charge < -0.3 is 10.2 Å². The minimum atomic E-state index is -1.11. The van der Waals surface area contributed by atoms with Gasteiger partial charge in [-0.25, -0.2) is 4.79 Å². The highest BCUT2D eigenvalue weighted by atomic mass is 16.4. The zero-order chi connectivity index (χ0) is 15.8. The van der Waals surface area contributed by atoms with Crippen LogP contribution in [-0.4, -0.2) is 35.7 Å². The Hall–Kier alpha value is -2.53. The van der Waals surface area contributed by atoms with Crippen molar-refractivity contribution in [1.82, 2.24) is 0 Å². The molecule has 0 aliphatic heterocycles. The fraction of sp³-hybridized carbons (Fsp3) is 0.188. The van der Waals surface area contributed by atoms with E-state index in [1.54, 1.807) is 12.1 Å². The second-order valence-electron chi connectivity index (χ2n) is 4.28. The van der Waals surface area contributed by atoms with Gasteiger partial charge in [0.05, 0.1) is 12.2 Å². The van der Waals surface area contributed by atoms with Crippen LogP contribution in [0.5, 0.6) is 0 Å². The molecule has 1 aromatic rings. The number of hydrogen-bond donors (Lipinski definition) is 2. The van der Waals surface area contributed by atoms with E-state index in [-0.39, 0.29) is 12.2 Å². The van der Waals surface area contributed by atoms with Gasteiger partial charge in [-0.15, -0.1) is 6.58 Å². The van der Waals surface area contributed by atoms with Crippen molar-refractivity contribution in [2.75, 3.05) is 7.05 Å². The number of aliphatic imine (C=N–C) groups is 1. The minimum Gasteiger partial charge on any atom is -0.478 e. The molecule has 110 valence electrons. The lowest BCUT2D eigenvalue weighted by atomic mass is 9.93. The van der Waals surface area contributed by atoms with Gasteiger partial charge in [0.15, 0.2) is 0 Å². The van der Waals surface area contributed by atoms with Crippen molar-refractivity contribution in [1.29, 1.82) is 0 Å². The number of carboxylic acid groups (broad SMARTS) is 1. The van der Waals surface area contributed by atoms with E-state index in [0.717, 1.165) is 0 Å². The number of carboxylic acids is 1. The van der Waals surface area contributed by atoms with Crippen LogP contribution in [0.3, 0.4) is 0 Å². The summed E-state index contributed by atoms with van der Waals surface area (Å²) < 4.78 is 0. The van der Waals surface area contributed by atoms with Gasteiger partial charge in [-0.1, -0.05) is 12.1 Å². The first kappa shape index (κ1) is 16.5. The van der Waals surface area contributed by atoms with Crippen LogP contribution in [0.4, 0.5) is 0 Å². The lowest BCUT2D eigenvalue weighted by Crippen LogP contribution is -2.06. The Morgan fingerprint density at radius 3 is 2.57 bits per heavy atom. The van der Waals surface area contributed by atoms with Crippen LogP contribution in [0.25, 0.3) is 5.57 Å².